The lowest BCUT2D eigenvalue weighted by Crippen LogP contribution is -2.29. The third-order valence-corrected chi connectivity index (χ3v) is 8.92. The van der Waals surface area contributed by atoms with E-state index in [1.165, 1.54) is 31.2 Å². The molecule has 1 aliphatic rings. The molecule has 0 saturated heterocycles. The molecule has 1 fully saturated rings. The molecule has 0 amide bonds. The van der Waals surface area contributed by atoms with Crippen molar-refractivity contribution in [3.05, 3.63) is 59.7 Å². The summed E-state index contributed by atoms with van der Waals surface area (Å²) in [6, 6.07) is 16.4. The number of hydrogen-bond donors (Lipinski definition) is 0. The first-order valence-corrected chi connectivity index (χ1v) is 17.1. The van der Waals surface area contributed by atoms with Crippen molar-refractivity contribution in [2.45, 2.75) is 148 Å². The van der Waals surface area contributed by atoms with Crippen LogP contribution in [0.2, 0.25) is 0 Å². The average Bonchev–Trinajstić information content (AvgIpc) is 3.03. The van der Waals surface area contributed by atoms with Crippen LogP contribution >= 0.6 is 0 Å². The number of esters is 2. The number of carbonyl (C=O) groups excluding carboxylic acids is 2. The second kappa shape index (κ2) is 19.6. The van der Waals surface area contributed by atoms with Gasteiger partial charge in [-0.1, -0.05) is 95.2 Å². The molecule has 1 aliphatic carbocycles. The third kappa shape index (κ3) is 12.8. The Balaban J connectivity index is 1.35. The normalized spacial score (nSPS) is 18.1. The highest BCUT2D eigenvalue weighted by Gasteiger charge is 2.27. The Morgan fingerprint density at radius 3 is 1.95 bits per heavy atom. The van der Waals surface area contributed by atoms with Crippen LogP contribution in [0.5, 0.6) is 0 Å². The maximum absolute atomic E-state index is 14.2. The molecule has 3 rings (SSSR count). The molecule has 0 heterocycles. The van der Waals surface area contributed by atoms with Crippen molar-refractivity contribution in [3.8, 4) is 11.1 Å². The largest absolute Gasteiger partial charge is 0.460 e. The standard InChI is InChI=1S/C38H55FO4/c1-4-6-8-10-12-14-36(39)38(41)43-35-27-19-31(20-28-35)16-15-30-17-21-32(22-18-30)33-23-25-34(26-24-33)37(40)42-29(3)13-11-9-7-5-2/h17-18,21-26,29,31,35-36H,4-16,19-20,27-28H2,1-3H3/t29-,31?,35?,36+/m1/s1. The zero-order valence-corrected chi connectivity index (χ0v) is 27.0. The van der Waals surface area contributed by atoms with Gasteiger partial charge in [0.1, 0.15) is 6.10 Å². The van der Waals surface area contributed by atoms with Crippen LogP contribution in [0.25, 0.3) is 11.1 Å². The van der Waals surface area contributed by atoms with E-state index in [-0.39, 0.29) is 24.6 Å². The molecular formula is C38H55FO4. The molecular weight excluding hydrogens is 539 g/mol. The molecule has 2 aromatic rings. The van der Waals surface area contributed by atoms with E-state index in [1.807, 2.05) is 31.2 Å². The predicted molar refractivity (Wildman–Crippen MR) is 174 cm³/mol. The average molecular weight is 595 g/mol. The zero-order chi connectivity index (χ0) is 30.9. The number of ether oxygens (including phenoxy) is 2. The van der Waals surface area contributed by atoms with Gasteiger partial charge in [-0.2, -0.15) is 0 Å². The van der Waals surface area contributed by atoms with E-state index in [0.717, 1.165) is 88.2 Å². The molecule has 4 nitrogen and oxygen atoms in total. The highest BCUT2D eigenvalue weighted by molar-refractivity contribution is 5.90. The Hall–Kier alpha value is -2.69. The minimum Gasteiger partial charge on any atom is -0.460 e. The van der Waals surface area contributed by atoms with Crippen LogP contribution in [-0.4, -0.2) is 30.3 Å². The molecule has 0 unspecified atom stereocenters. The maximum Gasteiger partial charge on any atom is 0.340 e. The van der Waals surface area contributed by atoms with Crippen molar-refractivity contribution < 1.29 is 23.5 Å². The van der Waals surface area contributed by atoms with Crippen LogP contribution in [0.15, 0.2) is 48.5 Å². The van der Waals surface area contributed by atoms with Crippen LogP contribution in [0.3, 0.4) is 0 Å². The summed E-state index contributed by atoms with van der Waals surface area (Å²) in [6.45, 7) is 6.32. The number of halogens is 1. The van der Waals surface area contributed by atoms with E-state index in [2.05, 4.69) is 38.1 Å². The van der Waals surface area contributed by atoms with Gasteiger partial charge in [0.25, 0.3) is 0 Å². The predicted octanol–water partition coefficient (Wildman–Crippen LogP) is 10.6. The molecule has 2 atom stereocenters. The summed E-state index contributed by atoms with van der Waals surface area (Å²) in [5.74, 6) is -0.297. The molecule has 0 spiro atoms. The third-order valence-electron chi connectivity index (χ3n) is 8.92. The van der Waals surface area contributed by atoms with E-state index in [0.29, 0.717) is 11.5 Å². The highest BCUT2D eigenvalue weighted by atomic mass is 19.1. The minimum atomic E-state index is -1.48. The molecule has 2 aromatic carbocycles. The van der Waals surface area contributed by atoms with Gasteiger partial charge in [-0.15, -0.1) is 0 Å². The second-order valence-corrected chi connectivity index (χ2v) is 12.6. The van der Waals surface area contributed by atoms with Gasteiger partial charge < -0.3 is 9.47 Å². The monoisotopic (exact) mass is 594 g/mol. The zero-order valence-electron chi connectivity index (χ0n) is 27.0. The fraction of sp³-hybridized carbons (Fsp3) is 0.632. The molecule has 0 radical (unpaired) electrons. The first kappa shape index (κ1) is 34.8. The van der Waals surface area contributed by atoms with Crippen molar-refractivity contribution >= 4 is 11.9 Å². The summed E-state index contributed by atoms with van der Waals surface area (Å²) in [5, 5.41) is 0. The summed E-state index contributed by atoms with van der Waals surface area (Å²) in [5.41, 5.74) is 4.11. The van der Waals surface area contributed by atoms with Crippen molar-refractivity contribution in [2.24, 2.45) is 5.92 Å². The van der Waals surface area contributed by atoms with Crippen LogP contribution in [0.1, 0.15) is 139 Å². The summed E-state index contributed by atoms with van der Waals surface area (Å²) in [7, 11) is 0. The number of benzene rings is 2. The molecule has 43 heavy (non-hydrogen) atoms. The van der Waals surface area contributed by atoms with Gasteiger partial charge in [-0.05, 0) is 106 Å². The number of alkyl halides is 1. The fourth-order valence-corrected chi connectivity index (χ4v) is 6.02. The number of rotatable bonds is 19. The smallest absolute Gasteiger partial charge is 0.340 e. The van der Waals surface area contributed by atoms with Gasteiger partial charge in [0.05, 0.1) is 11.7 Å². The molecule has 5 heteroatoms. The lowest BCUT2D eigenvalue weighted by molar-refractivity contribution is -0.157. The molecule has 0 N–H and O–H groups in total. The van der Waals surface area contributed by atoms with E-state index in [1.54, 1.807) is 0 Å². The number of aryl methyl sites for hydroxylation is 1. The minimum absolute atomic E-state index is 0.0620. The molecule has 0 aliphatic heterocycles. The number of unbranched alkanes of at least 4 members (excludes halogenated alkanes) is 7. The Morgan fingerprint density at radius 2 is 1.33 bits per heavy atom. The summed E-state index contributed by atoms with van der Waals surface area (Å²) < 4.78 is 25.4. The molecule has 1 saturated carbocycles. The van der Waals surface area contributed by atoms with Gasteiger partial charge in [-0.25, -0.2) is 14.0 Å². The highest BCUT2D eigenvalue weighted by Crippen LogP contribution is 2.31. The van der Waals surface area contributed by atoms with Crippen molar-refractivity contribution in [3.63, 3.8) is 0 Å². The fourth-order valence-electron chi connectivity index (χ4n) is 6.02. The summed E-state index contributed by atoms with van der Waals surface area (Å²) >= 11 is 0. The number of carbonyl (C=O) groups is 2. The first-order valence-electron chi connectivity index (χ1n) is 17.1. The quantitative estimate of drug-likeness (QED) is 0.120. The lowest BCUT2D eigenvalue weighted by atomic mass is 9.83. The van der Waals surface area contributed by atoms with Crippen molar-refractivity contribution in [2.75, 3.05) is 0 Å². The maximum atomic E-state index is 14.2. The van der Waals surface area contributed by atoms with Gasteiger partial charge in [-0.3, -0.25) is 0 Å². The van der Waals surface area contributed by atoms with Crippen LogP contribution < -0.4 is 0 Å². The van der Waals surface area contributed by atoms with Gasteiger partial charge in [0.15, 0.2) is 6.17 Å². The SMILES string of the molecule is CCCCCCC[C@H](F)C(=O)OC1CCC(CCc2ccc(-c3ccc(C(=O)O[C@H](C)CCCCCC)cc3)cc2)CC1. The van der Waals surface area contributed by atoms with E-state index >= 15 is 0 Å². The van der Waals surface area contributed by atoms with Crippen LogP contribution in [0.4, 0.5) is 4.39 Å². The van der Waals surface area contributed by atoms with Crippen LogP contribution in [0, 0.1) is 5.92 Å². The number of hydrogen-bond acceptors (Lipinski definition) is 4. The van der Waals surface area contributed by atoms with Crippen molar-refractivity contribution in [1.29, 1.82) is 0 Å². The molecule has 0 bridgehead atoms. The second-order valence-electron chi connectivity index (χ2n) is 12.6. The van der Waals surface area contributed by atoms with E-state index in [4.69, 9.17) is 9.47 Å². The molecule has 0 aromatic heterocycles. The Labute approximate surface area is 260 Å². The summed E-state index contributed by atoms with van der Waals surface area (Å²) in [6.07, 6.45) is 15.3. The first-order chi connectivity index (χ1) is 20.9. The van der Waals surface area contributed by atoms with E-state index in [9.17, 15) is 14.0 Å². The van der Waals surface area contributed by atoms with Gasteiger partial charge in [0.2, 0.25) is 0 Å². The van der Waals surface area contributed by atoms with Crippen molar-refractivity contribution in [1.82, 2.24) is 0 Å². The van der Waals surface area contributed by atoms with Gasteiger partial charge >= 0.3 is 11.9 Å². The van der Waals surface area contributed by atoms with Crippen LogP contribution in [-0.2, 0) is 20.7 Å². The lowest BCUT2D eigenvalue weighted by Gasteiger charge is -2.28. The Bertz CT molecular complexity index is 1060. The van der Waals surface area contributed by atoms with E-state index < -0.39 is 12.1 Å². The topological polar surface area (TPSA) is 52.6 Å². The Morgan fingerprint density at radius 1 is 0.767 bits per heavy atom. The summed E-state index contributed by atoms with van der Waals surface area (Å²) in [4.78, 5) is 24.7. The molecule has 238 valence electrons. The van der Waals surface area contributed by atoms with Gasteiger partial charge in [0, 0.05) is 0 Å². The Kier molecular flexibility index (Phi) is 15.8.